The number of rotatable bonds is 5. The van der Waals surface area contributed by atoms with Gasteiger partial charge in [0.05, 0.1) is 17.9 Å². The average molecular weight is 237 g/mol. The highest BCUT2D eigenvalue weighted by molar-refractivity contribution is 5.99. The maximum absolute atomic E-state index is 12.0. The first-order valence-electron chi connectivity index (χ1n) is 5.52. The second-order valence-corrected chi connectivity index (χ2v) is 3.95. The van der Waals surface area contributed by atoms with Crippen LogP contribution in [0.4, 0.5) is 5.69 Å². The molecule has 0 saturated heterocycles. The number of ether oxygens (including phenoxy) is 1. The standard InChI is InChI=1S/C12H19N3O2/c1-8-5-11(13-3)10(6-14-8)12(16)15-9(2)7-17-4/h5-6,9H,7H2,1-4H3,(H,13,14)(H,15,16). The van der Waals surface area contributed by atoms with E-state index >= 15 is 0 Å². The van der Waals surface area contributed by atoms with Crippen LogP contribution in [0.1, 0.15) is 23.0 Å². The maximum atomic E-state index is 12.0. The van der Waals surface area contributed by atoms with Crippen molar-refractivity contribution in [2.24, 2.45) is 0 Å². The molecule has 94 valence electrons. The summed E-state index contributed by atoms with van der Waals surface area (Å²) in [6.45, 7) is 4.26. The number of hydrogen-bond donors (Lipinski definition) is 2. The highest BCUT2D eigenvalue weighted by Gasteiger charge is 2.13. The fourth-order valence-electron chi connectivity index (χ4n) is 1.54. The molecule has 0 aliphatic rings. The summed E-state index contributed by atoms with van der Waals surface area (Å²) in [5, 5.41) is 5.84. The zero-order valence-corrected chi connectivity index (χ0v) is 10.7. The van der Waals surface area contributed by atoms with E-state index in [1.54, 1.807) is 20.4 Å². The van der Waals surface area contributed by atoms with Crippen LogP contribution in [0, 0.1) is 6.92 Å². The largest absolute Gasteiger partial charge is 0.387 e. The van der Waals surface area contributed by atoms with Crippen LogP contribution in [-0.2, 0) is 4.74 Å². The first-order valence-corrected chi connectivity index (χ1v) is 5.52. The zero-order valence-electron chi connectivity index (χ0n) is 10.7. The predicted molar refractivity (Wildman–Crippen MR) is 67.3 cm³/mol. The Labute approximate surface area is 102 Å². The highest BCUT2D eigenvalue weighted by Crippen LogP contribution is 2.14. The van der Waals surface area contributed by atoms with Crippen molar-refractivity contribution in [1.29, 1.82) is 0 Å². The van der Waals surface area contributed by atoms with Crippen LogP contribution in [0.5, 0.6) is 0 Å². The van der Waals surface area contributed by atoms with E-state index in [1.807, 2.05) is 19.9 Å². The summed E-state index contributed by atoms with van der Waals surface area (Å²) >= 11 is 0. The van der Waals surface area contributed by atoms with Gasteiger partial charge < -0.3 is 15.4 Å². The summed E-state index contributed by atoms with van der Waals surface area (Å²) in [6, 6.07) is 1.81. The Hall–Kier alpha value is -1.62. The van der Waals surface area contributed by atoms with Gasteiger partial charge in [0, 0.05) is 32.1 Å². The molecule has 17 heavy (non-hydrogen) atoms. The SMILES string of the molecule is CNc1cc(C)ncc1C(=O)NC(C)COC. The van der Waals surface area contributed by atoms with Crippen molar-refractivity contribution in [3.05, 3.63) is 23.5 Å². The molecule has 0 radical (unpaired) electrons. The van der Waals surface area contributed by atoms with Gasteiger partial charge in [-0.25, -0.2) is 0 Å². The first-order chi connectivity index (χ1) is 8.08. The number of methoxy groups -OCH3 is 1. The smallest absolute Gasteiger partial charge is 0.255 e. The molecule has 0 bridgehead atoms. The van der Waals surface area contributed by atoms with E-state index in [0.717, 1.165) is 11.4 Å². The Balaban J connectivity index is 2.81. The molecule has 1 aromatic heterocycles. The van der Waals surface area contributed by atoms with Crippen molar-refractivity contribution in [1.82, 2.24) is 10.3 Å². The fourth-order valence-corrected chi connectivity index (χ4v) is 1.54. The number of nitrogens with one attached hydrogen (secondary N) is 2. The number of carbonyl (C=O) groups excluding carboxylic acids is 1. The fraction of sp³-hybridized carbons (Fsp3) is 0.500. The summed E-state index contributed by atoms with van der Waals surface area (Å²) in [5.74, 6) is -0.147. The van der Waals surface area contributed by atoms with Crippen LogP contribution < -0.4 is 10.6 Å². The minimum Gasteiger partial charge on any atom is -0.387 e. The molecule has 1 aromatic rings. The van der Waals surface area contributed by atoms with Crippen molar-refractivity contribution in [3.8, 4) is 0 Å². The lowest BCUT2D eigenvalue weighted by molar-refractivity contribution is 0.0906. The van der Waals surface area contributed by atoms with Gasteiger partial charge >= 0.3 is 0 Å². The Morgan fingerprint density at radius 2 is 2.29 bits per heavy atom. The molecule has 0 aliphatic carbocycles. The van der Waals surface area contributed by atoms with Crippen LogP contribution in [0.3, 0.4) is 0 Å². The number of amides is 1. The molecule has 1 rings (SSSR count). The minimum atomic E-state index is -0.147. The minimum absolute atomic E-state index is 0.0292. The van der Waals surface area contributed by atoms with Gasteiger partial charge in [0.2, 0.25) is 0 Å². The number of hydrogen-bond acceptors (Lipinski definition) is 4. The summed E-state index contributed by atoms with van der Waals surface area (Å²) in [7, 11) is 3.39. The van der Waals surface area contributed by atoms with E-state index < -0.39 is 0 Å². The van der Waals surface area contributed by atoms with Crippen molar-refractivity contribution < 1.29 is 9.53 Å². The molecule has 1 atom stereocenters. The summed E-state index contributed by atoms with van der Waals surface area (Å²) in [5.41, 5.74) is 2.19. The van der Waals surface area contributed by atoms with Crippen LogP contribution >= 0.6 is 0 Å². The van der Waals surface area contributed by atoms with Gasteiger partial charge in [-0.05, 0) is 19.9 Å². The third-order valence-corrected chi connectivity index (χ3v) is 2.35. The third kappa shape index (κ3) is 3.71. The van der Waals surface area contributed by atoms with Gasteiger partial charge in [0.25, 0.3) is 5.91 Å². The summed E-state index contributed by atoms with van der Waals surface area (Å²) < 4.78 is 4.97. The Kier molecular flexibility index (Phi) is 4.90. The van der Waals surface area contributed by atoms with Crippen LogP contribution in [0.15, 0.2) is 12.3 Å². The number of aryl methyl sites for hydroxylation is 1. The Bertz CT molecular complexity index is 393. The molecule has 0 aliphatic heterocycles. The molecule has 0 saturated carbocycles. The molecule has 0 spiro atoms. The second-order valence-electron chi connectivity index (χ2n) is 3.95. The predicted octanol–water partition coefficient (Wildman–Crippen LogP) is 1.20. The lowest BCUT2D eigenvalue weighted by Crippen LogP contribution is -2.36. The molecular weight excluding hydrogens is 218 g/mol. The summed E-state index contributed by atoms with van der Waals surface area (Å²) in [4.78, 5) is 16.1. The van der Waals surface area contributed by atoms with Gasteiger partial charge in [-0.3, -0.25) is 9.78 Å². The molecule has 2 N–H and O–H groups in total. The quantitative estimate of drug-likeness (QED) is 0.807. The van der Waals surface area contributed by atoms with Crippen LogP contribution in [-0.4, -0.2) is 37.7 Å². The lowest BCUT2D eigenvalue weighted by atomic mass is 10.2. The molecule has 0 aromatic carbocycles. The second kappa shape index (κ2) is 6.20. The van der Waals surface area contributed by atoms with Crippen LogP contribution in [0.25, 0.3) is 0 Å². The first kappa shape index (κ1) is 13.4. The normalized spacial score (nSPS) is 12.0. The lowest BCUT2D eigenvalue weighted by Gasteiger charge is -2.14. The van der Waals surface area contributed by atoms with E-state index in [0.29, 0.717) is 12.2 Å². The van der Waals surface area contributed by atoms with E-state index in [9.17, 15) is 4.79 Å². The zero-order chi connectivity index (χ0) is 12.8. The van der Waals surface area contributed by atoms with Crippen molar-refractivity contribution >= 4 is 11.6 Å². The number of aromatic nitrogens is 1. The van der Waals surface area contributed by atoms with Crippen molar-refractivity contribution in [2.75, 3.05) is 26.1 Å². The number of nitrogens with zero attached hydrogens (tertiary/aromatic N) is 1. The summed E-state index contributed by atoms with van der Waals surface area (Å²) in [6.07, 6.45) is 1.58. The average Bonchev–Trinajstić information content (AvgIpc) is 2.28. The van der Waals surface area contributed by atoms with Gasteiger partial charge in [-0.2, -0.15) is 0 Å². The van der Waals surface area contributed by atoms with Crippen molar-refractivity contribution in [3.63, 3.8) is 0 Å². The molecule has 5 heteroatoms. The van der Waals surface area contributed by atoms with E-state index in [1.165, 1.54) is 0 Å². The van der Waals surface area contributed by atoms with E-state index in [-0.39, 0.29) is 11.9 Å². The number of carbonyl (C=O) groups is 1. The number of pyridine rings is 1. The third-order valence-electron chi connectivity index (χ3n) is 2.35. The molecule has 0 fully saturated rings. The molecule has 1 amide bonds. The van der Waals surface area contributed by atoms with Crippen molar-refractivity contribution in [2.45, 2.75) is 19.9 Å². The van der Waals surface area contributed by atoms with E-state index in [2.05, 4.69) is 15.6 Å². The van der Waals surface area contributed by atoms with E-state index in [4.69, 9.17) is 4.74 Å². The highest BCUT2D eigenvalue weighted by atomic mass is 16.5. The van der Waals surface area contributed by atoms with Gasteiger partial charge in [0.15, 0.2) is 0 Å². The Morgan fingerprint density at radius 3 is 2.88 bits per heavy atom. The monoisotopic (exact) mass is 237 g/mol. The Morgan fingerprint density at radius 1 is 1.59 bits per heavy atom. The van der Waals surface area contributed by atoms with Gasteiger partial charge in [0.1, 0.15) is 0 Å². The van der Waals surface area contributed by atoms with Gasteiger partial charge in [-0.15, -0.1) is 0 Å². The van der Waals surface area contributed by atoms with Gasteiger partial charge in [-0.1, -0.05) is 0 Å². The molecule has 5 nitrogen and oxygen atoms in total. The molecule has 1 heterocycles. The topological polar surface area (TPSA) is 63.2 Å². The van der Waals surface area contributed by atoms with Crippen LogP contribution in [0.2, 0.25) is 0 Å². The molecule has 1 unspecified atom stereocenters. The maximum Gasteiger partial charge on any atom is 0.255 e. The molecular formula is C12H19N3O2. The number of anilines is 1.